The number of hydrogen-bond donors (Lipinski definition) is 0. The van der Waals surface area contributed by atoms with E-state index in [2.05, 4.69) is 34.8 Å². The minimum Gasteiger partial charge on any atom is -0.354 e. The smallest absolute Gasteiger partial charge is 0.166 e. The Morgan fingerprint density at radius 2 is 2.19 bits per heavy atom. The molecule has 0 aliphatic carbocycles. The van der Waals surface area contributed by atoms with Crippen molar-refractivity contribution in [2.45, 2.75) is 20.3 Å². The van der Waals surface area contributed by atoms with Gasteiger partial charge < -0.3 is 4.90 Å². The third-order valence-corrected chi connectivity index (χ3v) is 3.86. The number of anilines is 1. The van der Waals surface area contributed by atoms with Crippen LogP contribution < -0.4 is 4.90 Å². The highest BCUT2D eigenvalue weighted by Crippen LogP contribution is 2.28. The average molecular weight is 287 g/mol. The van der Waals surface area contributed by atoms with E-state index in [0.717, 1.165) is 25.4 Å². The van der Waals surface area contributed by atoms with Crippen molar-refractivity contribution in [2.24, 2.45) is 11.8 Å². The Balaban J connectivity index is 2.18. The summed E-state index contributed by atoms with van der Waals surface area (Å²) in [5.74, 6) is 1.56. The minimum atomic E-state index is -0.240. The van der Waals surface area contributed by atoms with Crippen LogP contribution in [0.25, 0.3) is 0 Å². The van der Waals surface area contributed by atoms with Crippen LogP contribution in [0.5, 0.6) is 0 Å². The monoisotopic (exact) mass is 286 g/mol. The molecule has 2 rings (SSSR count). The highest BCUT2D eigenvalue weighted by atomic mass is 79.9. The van der Waals surface area contributed by atoms with E-state index in [0.29, 0.717) is 16.2 Å². The van der Waals surface area contributed by atoms with Crippen LogP contribution in [0.3, 0.4) is 0 Å². The van der Waals surface area contributed by atoms with Crippen LogP contribution in [0.4, 0.5) is 10.2 Å². The van der Waals surface area contributed by atoms with Gasteiger partial charge in [0.2, 0.25) is 0 Å². The maximum absolute atomic E-state index is 13.7. The maximum Gasteiger partial charge on any atom is 0.166 e. The summed E-state index contributed by atoms with van der Waals surface area (Å²) in [5, 5.41) is 0. The van der Waals surface area contributed by atoms with Crippen LogP contribution >= 0.6 is 15.9 Å². The van der Waals surface area contributed by atoms with Crippen LogP contribution in [-0.2, 0) is 0 Å². The fraction of sp³-hybridized carbons (Fsp3) is 0.583. The van der Waals surface area contributed by atoms with Crippen molar-refractivity contribution < 1.29 is 4.39 Å². The molecule has 0 radical (unpaired) electrons. The Hall–Kier alpha value is -0.640. The van der Waals surface area contributed by atoms with Gasteiger partial charge in [0.25, 0.3) is 0 Å². The molecule has 0 amide bonds. The largest absolute Gasteiger partial charge is 0.354 e. The lowest BCUT2D eigenvalue weighted by atomic mass is 9.89. The Bertz CT molecular complexity index is 383. The number of pyridine rings is 1. The van der Waals surface area contributed by atoms with Crippen molar-refractivity contribution in [3.05, 3.63) is 22.6 Å². The Morgan fingerprint density at radius 1 is 1.44 bits per heavy atom. The SMILES string of the molecule is CC1CCN(c2ncc(Br)cc2F)CC1C. The molecule has 1 aromatic rings. The molecule has 16 heavy (non-hydrogen) atoms. The van der Waals surface area contributed by atoms with Crippen LogP contribution in [0.2, 0.25) is 0 Å². The predicted octanol–water partition coefficient (Wildman–Crippen LogP) is 3.47. The third-order valence-electron chi connectivity index (χ3n) is 3.42. The minimum absolute atomic E-state index is 0.240. The predicted molar refractivity (Wildman–Crippen MR) is 67.1 cm³/mol. The summed E-state index contributed by atoms with van der Waals surface area (Å²) in [6.07, 6.45) is 2.76. The second-order valence-electron chi connectivity index (χ2n) is 4.65. The summed E-state index contributed by atoms with van der Waals surface area (Å²) in [5.41, 5.74) is 0. The molecular weight excluding hydrogens is 271 g/mol. The highest BCUT2D eigenvalue weighted by Gasteiger charge is 2.25. The number of halogens is 2. The topological polar surface area (TPSA) is 16.1 Å². The van der Waals surface area contributed by atoms with Crippen molar-refractivity contribution in [1.29, 1.82) is 0 Å². The molecule has 2 nitrogen and oxygen atoms in total. The number of rotatable bonds is 1. The second kappa shape index (κ2) is 4.70. The van der Waals surface area contributed by atoms with Gasteiger partial charge in [-0.25, -0.2) is 9.37 Å². The highest BCUT2D eigenvalue weighted by molar-refractivity contribution is 9.10. The van der Waals surface area contributed by atoms with Gasteiger partial charge in [0.15, 0.2) is 11.6 Å². The first-order chi connectivity index (χ1) is 7.58. The molecule has 1 saturated heterocycles. The van der Waals surface area contributed by atoms with Gasteiger partial charge in [0.05, 0.1) is 0 Å². The van der Waals surface area contributed by atoms with E-state index in [1.807, 2.05) is 4.90 Å². The molecular formula is C12H16BrFN2. The van der Waals surface area contributed by atoms with E-state index in [-0.39, 0.29) is 5.82 Å². The molecule has 0 spiro atoms. The molecule has 1 aromatic heterocycles. The third kappa shape index (κ3) is 2.37. The first-order valence-electron chi connectivity index (χ1n) is 5.64. The lowest BCUT2D eigenvalue weighted by Crippen LogP contribution is -2.39. The summed E-state index contributed by atoms with van der Waals surface area (Å²) in [6, 6.07) is 1.48. The van der Waals surface area contributed by atoms with E-state index >= 15 is 0 Å². The lowest BCUT2D eigenvalue weighted by Gasteiger charge is -2.36. The van der Waals surface area contributed by atoms with Crippen LogP contribution in [0.1, 0.15) is 20.3 Å². The number of hydrogen-bond acceptors (Lipinski definition) is 2. The molecule has 1 aliphatic heterocycles. The van der Waals surface area contributed by atoms with E-state index in [4.69, 9.17) is 0 Å². The first-order valence-corrected chi connectivity index (χ1v) is 6.43. The summed E-state index contributed by atoms with van der Waals surface area (Å²) < 4.78 is 14.4. The Morgan fingerprint density at radius 3 is 2.81 bits per heavy atom. The summed E-state index contributed by atoms with van der Waals surface area (Å²) >= 11 is 3.22. The van der Waals surface area contributed by atoms with Gasteiger partial charge in [0.1, 0.15) is 0 Å². The van der Waals surface area contributed by atoms with Gasteiger partial charge in [-0.3, -0.25) is 0 Å². The summed E-state index contributed by atoms with van der Waals surface area (Å²) in [4.78, 5) is 6.21. The van der Waals surface area contributed by atoms with E-state index in [1.165, 1.54) is 6.07 Å². The van der Waals surface area contributed by atoms with Gasteiger partial charge in [-0.15, -0.1) is 0 Å². The summed E-state index contributed by atoms with van der Waals surface area (Å²) in [6.45, 7) is 6.27. The molecule has 0 N–H and O–H groups in total. The zero-order chi connectivity index (χ0) is 11.7. The second-order valence-corrected chi connectivity index (χ2v) is 5.56. The molecule has 0 saturated carbocycles. The summed E-state index contributed by atoms with van der Waals surface area (Å²) in [7, 11) is 0. The number of nitrogens with zero attached hydrogens (tertiary/aromatic N) is 2. The molecule has 0 aromatic carbocycles. The first kappa shape index (κ1) is 11.8. The van der Waals surface area contributed by atoms with E-state index in [1.54, 1.807) is 6.20 Å². The van der Waals surface area contributed by atoms with Gasteiger partial charge in [-0.2, -0.15) is 0 Å². The molecule has 0 bridgehead atoms. The molecule has 1 aliphatic rings. The van der Waals surface area contributed by atoms with Gasteiger partial charge in [-0.1, -0.05) is 13.8 Å². The number of piperidine rings is 1. The van der Waals surface area contributed by atoms with Gasteiger partial charge in [-0.05, 0) is 40.3 Å². The standard InChI is InChI=1S/C12H16BrFN2/c1-8-3-4-16(7-9(8)2)12-11(14)5-10(13)6-15-12/h5-6,8-9H,3-4,7H2,1-2H3. The molecule has 2 heterocycles. The Labute approximate surface area is 104 Å². The van der Waals surface area contributed by atoms with Crippen molar-refractivity contribution in [1.82, 2.24) is 4.98 Å². The van der Waals surface area contributed by atoms with Gasteiger partial charge >= 0.3 is 0 Å². The van der Waals surface area contributed by atoms with Crippen LogP contribution in [0, 0.1) is 17.7 Å². The zero-order valence-electron chi connectivity index (χ0n) is 9.58. The quantitative estimate of drug-likeness (QED) is 0.786. The normalized spacial score (nSPS) is 25.9. The fourth-order valence-electron chi connectivity index (χ4n) is 2.10. The fourth-order valence-corrected chi connectivity index (χ4v) is 2.40. The van der Waals surface area contributed by atoms with Gasteiger partial charge in [0, 0.05) is 23.8 Å². The molecule has 4 heteroatoms. The number of aromatic nitrogens is 1. The molecule has 2 atom stereocenters. The maximum atomic E-state index is 13.7. The van der Waals surface area contributed by atoms with E-state index in [9.17, 15) is 4.39 Å². The van der Waals surface area contributed by atoms with Crippen molar-refractivity contribution >= 4 is 21.7 Å². The van der Waals surface area contributed by atoms with Crippen molar-refractivity contribution in [2.75, 3.05) is 18.0 Å². The van der Waals surface area contributed by atoms with E-state index < -0.39 is 0 Å². The van der Waals surface area contributed by atoms with Crippen molar-refractivity contribution in [3.63, 3.8) is 0 Å². The molecule has 1 fully saturated rings. The lowest BCUT2D eigenvalue weighted by molar-refractivity contribution is 0.321. The molecule has 88 valence electrons. The van der Waals surface area contributed by atoms with Crippen LogP contribution in [0.15, 0.2) is 16.7 Å². The molecule has 2 unspecified atom stereocenters. The average Bonchev–Trinajstić information content (AvgIpc) is 2.22. The Kier molecular flexibility index (Phi) is 3.47. The zero-order valence-corrected chi connectivity index (χ0v) is 11.2. The van der Waals surface area contributed by atoms with Crippen molar-refractivity contribution in [3.8, 4) is 0 Å². The van der Waals surface area contributed by atoms with Crippen LogP contribution in [-0.4, -0.2) is 18.1 Å².